The van der Waals surface area contributed by atoms with Crippen molar-refractivity contribution in [2.75, 3.05) is 33.0 Å². The minimum absolute atomic E-state index is 0.0936. The highest BCUT2D eigenvalue weighted by Crippen LogP contribution is 2.43. The van der Waals surface area contributed by atoms with Crippen LogP contribution in [0.2, 0.25) is 0 Å². The molecular weight excluding hydrogens is 685 g/mol. The van der Waals surface area contributed by atoms with Gasteiger partial charge in [0.25, 0.3) is 0 Å². The summed E-state index contributed by atoms with van der Waals surface area (Å²) in [7, 11) is -4.28. The van der Waals surface area contributed by atoms with E-state index in [1.807, 2.05) is 0 Å². The molecule has 0 aliphatic carbocycles. The summed E-state index contributed by atoms with van der Waals surface area (Å²) in [4.78, 5) is 22.5. The van der Waals surface area contributed by atoms with Gasteiger partial charge in [0.15, 0.2) is 0 Å². The first kappa shape index (κ1) is 51.2. The van der Waals surface area contributed by atoms with Crippen molar-refractivity contribution in [2.45, 2.75) is 180 Å². The van der Waals surface area contributed by atoms with Crippen molar-refractivity contribution < 1.29 is 32.8 Å². The summed E-state index contributed by atoms with van der Waals surface area (Å²) in [5.74, 6) is -0.351. The lowest BCUT2D eigenvalue weighted by atomic mass is 10.1. The maximum absolute atomic E-state index is 12.6. The minimum Gasteiger partial charge on any atom is -0.457 e. The third-order valence-electron chi connectivity index (χ3n) is 8.67. The molecule has 0 heterocycles. The Hall–Kier alpha value is -1.80. The van der Waals surface area contributed by atoms with E-state index in [0.717, 1.165) is 77.0 Å². The Labute approximate surface area is 325 Å². The predicted molar refractivity (Wildman–Crippen MR) is 224 cm³/mol. The van der Waals surface area contributed by atoms with Crippen molar-refractivity contribution in [1.29, 1.82) is 0 Å². The number of carbonyl (C=O) groups is 1. The van der Waals surface area contributed by atoms with E-state index < -0.39 is 13.9 Å². The van der Waals surface area contributed by atoms with Crippen LogP contribution < -0.4 is 5.73 Å². The van der Waals surface area contributed by atoms with Crippen LogP contribution in [0.3, 0.4) is 0 Å². The second-order valence-corrected chi connectivity index (χ2v) is 15.3. The summed E-state index contributed by atoms with van der Waals surface area (Å²) in [6, 6.07) is 0. The van der Waals surface area contributed by atoms with Crippen LogP contribution in [0.1, 0.15) is 174 Å². The Balaban J connectivity index is 4.07. The van der Waals surface area contributed by atoms with Crippen LogP contribution in [-0.4, -0.2) is 49.9 Å². The summed E-state index contributed by atoms with van der Waals surface area (Å²) >= 11 is 0. The van der Waals surface area contributed by atoms with Crippen LogP contribution in [0.25, 0.3) is 0 Å². The Morgan fingerprint density at radius 1 is 0.585 bits per heavy atom. The first-order valence-corrected chi connectivity index (χ1v) is 22.8. The number of nitrogens with two attached hydrogens (primary N) is 1. The van der Waals surface area contributed by atoms with Gasteiger partial charge in [-0.2, -0.15) is 0 Å². The number of carbonyl (C=O) groups excluding carboxylic acids is 1. The lowest BCUT2D eigenvalue weighted by Crippen LogP contribution is -2.28. The Bertz CT molecular complexity index is 994. The van der Waals surface area contributed by atoms with Crippen molar-refractivity contribution in [1.82, 2.24) is 0 Å². The Kier molecular flexibility index (Phi) is 40.0. The van der Waals surface area contributed by atoms with E-state index in [-0.39, 0.29) is 32.3 Å². The molecule has 0 amide bonds. The number of ether oxygens (including phenoxy) is 2. The molecule has 0 radical (unpaired) electrons. The van der Waals surface area contributed by atoms with Gasteiger partial charge < -0.3 is 20.1 Å². The molecule has 0 saturated heterocycles. The lowest BCUT2D eigenvalue weighted by Gasteiger charge is -2.20. The fraction of sp³-hybridized carbons (Fsp3) is 0.750. The van der Waals surface area contributed by atoms with E-state index in [1.165, 1.54) is 77.0 Å². The van der Waals surface area contributed by atoms with Crippen molar-refractivity contribution in [3.63, 3.8) is 0 Å². The molecule has 0 aromatic heterocycles. The maximum Gasteiger partial charge on any atom is 0.472 e. The largest absolute Gasteiger partial charge is 0.472 e. The zero-order chi connectivity index (χ0) is 38.8. The fourth-order valence-corrected chi connectivity index (χ4v) is 6.33. The van der Waals surface area contributed by atoms with Gasteiger partial charge in [-0.15, -0.1) is 0 Å². The maximum atomic E-state index is 12.6. The summed E-state index contributed by atoms with van der Waals surface area (Å²) in [5, 5.41) is 0. The fourth-order valence-electron chi connectivity index (χ4n) is 5.57. The monoisotopic (exact) mass is 766 g/mol. The average molecular weight is 766 g/mol. The molecule has 0 saturated carbocycles. The van der Waals surface area contributed by atoms with Crippen LogP contribution in [0, 0.1) is 0 Å². The normalized spacial score (nSPS) is 14.1. The molecule has 0 aromatic carbocycles. The zero-order valence-corrected chi connectivity index (χ0v) is 34.9. The number of esters is 1. The van der Waals surface area contributed by atoms with Gasteiger partial charge in [0.2, 0.25) is 0 Å². The molecule has 308 valence electrons. The third kappa shape index (κ3) is 41.2. The molecule has 0 rings (SSSR count). The molecule has 0 aliphatic heterocycles. The zero-order valence-electron chi connectivity index (χ0n) is 34.0. The van der Waals surface area contributed by atoms with Gasteiger partial charge in [0.1, 0.15) is 6.10 Å². The highest BCUT2D eigenvalue weighted by Gasteiger charge is 2.25. The highest BCUT2D eigenvalue weighted by atomic mass is 31.2. The van der Waals surface area contributed by atoms with Crippen LogP contribution in [0.15, 0.2) is 60.8 Å². The van der Waals surface area contributed by atoms with Gasteiger partial charge in [-0.25, -0.2) is 4.57 Å². The quantitative estimate of drug-likeness (QED) is 0.0274. The minimum atomic E-state index is -4.28. The molecule has 0 bridgehead atoms. The van der Waals surface area contributed by atoms with Crippen LogP contribution in [0.4, 0.5) is 0 Å². The number of hydrogen-bond acceptors (Lipinski definition) is 7. The smallest absolute Gasteiger partial charge is 0.457 e. The van der Waals surface area contributed by atoms with E-state index >= 15 is 0 Å². The number of hydrogen-bond donors (Lipinski definition) is 2. The Morgan fingerprint density at radius 2 is 1.06 bits per heavy atom. The van der Waals surface area contributed by atoms with Crippen LogP contribution in [0.5, 0.6) is 0 Å². The molecule has 53 heavy (non-hydrogen) atoms. The molecule has 8 nitrogen and oxygen atoms in total. The highest BCUT2D eigenvalue weighted by molar-refractivity contribution is 7.47. The summed E-state index contributed by atoms with van der Waals surface area (Å²) < 4.78 is 33.4. The van der Waals surface area contributed by atoms with E-state index in [4.69, 9.17) is 24.3 Å². The van der Waals surface area contributed by atoms with Crippen molar-refractivity contribution in [2.24, 2.45) is 5.73 Å². The average Bonchev–Trinajstić information content (AvgIpc) is 3.15. The number of allylic oxidation sites excluding steroid dienone is 10. The second-order valence-electron chi connectivity index (χ2n) is 13.8. The SMILES string of the molecule is CC/C=C\C/C=C\C/C=C\CCCCCCCC(=O)OC(COCCCCCCCCCC/C=C\C/C=C\CCCCCC)COP(=O)(O)OCCN. The number of rotatable bonds is 40. The van der Waals surface area contributed by atoms with E-state index in [9.17, 15) is 14.3 Å². The molecule has 0 fully saturated rings. The van der Waals surface area contributed by atoms with E-state index in [1.54, 1.807) is 0 Å². The third-order valence-corrected chi connectivity index (χ3v) is 9.65. The van der Waals surface area contributed by atoms with Gasteiger partial charge in [0, 0.05) is 19.6 Å². The predicted octanol–water partition coefficient (Wildman–Crippen LogP) is 12.6. The molecule has 2 unspecified atom stereocenters. The molecule has 2 atom stereocenters. The molecule has 0 aromatic rings. The van der Waals surface area contributed by atoms with Crippen molar-refractivity contribution >= 4 is 13.8 Å². The summed E-state index contributed by atoms with van der Waals surface area (Å²) in [6.07, 6.45) is 49.5. The van der Waals surface area contributed by atoms with Gasteiger partial charge in [-0.1, -0.05) is 152 Å². The van der Waals surface area contributed by atoms with Crippen LogP contribution >= 0.6 is 7.82 Å². The second kappa shape index (κ2) is 41.4. The molecule has 0 aliphatic rings. The Morgan fingerprint density at radius 3 is 1.58 bits per heavy atom. The molecule has 0 spiro atoms. The van der Waals surface area contributed by atoms with Gasteiger partial charge in [-0.3, -0.25) is 13.8 Å². The number of phosphoric ester groups is 1. The summed E-state index contributed by atoms with van der Waals surface area (Å²) in [6.45, 7) is 4.75. The van der Waals surface area contributed by atoms with Gasteiger partial charge >= 0.3 is 13.8 Å². The lowest BCUT2D eigenvalue weighted by molar-refractivity contribution is -0.154. The van der Waals surface area contributed by atoms with E-state index in [0.29, 0.717) is 13.0 Å². The first-order chi connectivity index (χ1) is 25.9. The van der Waals surface area contributed by atoms with Crippen LogP contribution in [-0.2, 0) is 27.9 Å². The number of unbranched alkanes of at least 4 members (excludes halogenated alkanes) is 17. The topological polar surface area (TPSA) is 117 Å². The number of phosphoric acid groups is 1. The van der Waals surface area contributed by atoms with Crippen molar-refractivity contribution in [3.05, 3.63) is 60.8 Å². The van der Waals surface area contributed by atoms with Crippen molar-refractivity contribution in [3.8, 4) is 0 Å². The molecule has 3 N–H and O–H groups in total. The molecular formula is C44H80NO7P. The van der Waals surface area contributed by atoms with E-state index in [2.05, 4.69) is 74.6 Å². The van der Waals surface area contributed by atoms with Gasteiger partial charge in [-0.05, 0) is 77.0 Å². The first-order valence-electron chi connectivity index (χ1n) is 21.3. The molecule has 9 heteroatoms. The summed E-state index contributed by atoms with van der Waals surface area (Å²) in [5.41, 5.74) is 5.36. The van der Waals surface area contributed by atoms with Gasteiger partial charge in [0.05, 0.1) is 19.8 Å². The standard InChI is InChI=1S/C44H80NO7P/c1-3-5-7-9-11-13-15-17-19-20-21-22-24-26-28-30-32-34-36-39-49-41-43(42-51-53(47,48)50-40-38-45)52-44(46)37-35-33-31-29-27-25-23-18-16-14-12-10-8-6-4-2/h6,8,12-15,18-20,23,43H,3-5,7,9-11,16-17,21-22,24-42,45H2,1-2H3,(H,47,48)/b8-6-,14-12-,15-13-,20-19-,23-18-.